The summed E-state index contributed by atoms with van der Waals surface area (Å²) in [7, 11) is 6.30. The summed E-state index contributed by atoms with van der Waals surface area (Å²) < 4.78 is 8.85. The second-order valence-electron chi connectivity index (χ2n) is 9.22. The Hall–Kier alpha value is -3.56. The number of aromatic amines is 2. The molecule has 0 bridgehead atoms. The van der Waals surface area contributed by atoms with Gasteiger partial charge in [0.1, 0.15) is 5.75 Å². The topological polar surface area (TPSA) is 64.2 Å². The highest BCUT2D eigenvalue weighted by atomic mass is 32.1. The molecule has 0 saturated heterocycles. The molecule has 3 N–H and O–H groups in total. The minimum absolute atomic E-state index is 0.340. The van der Waals surface area contributed by atoms with Crippen molar-refractivity contribution < 1.29 is 4.74 Å². The monoisotopic (exact) mass is 518 g/mol. The molecule has 186 valence electrons. The van der Waals surface area contributed by atoms with Gasteiger partial charge in [0.2, 0.25) is 0 Å². The van der Waals surface area contributed by atoms with E-state index in [9.17, 15) is 0 Å². The highest BCUT2D eigenvalue weighted by Crippen LogP contribution is 2.46. The van der Waals surface area contributed by atoms with E-state index in [-0.39, 0.29) is 0 Å². The number of likely N-dealkylation sites (N-methyl/N-ethyl adjacent to an activating group) is 1. The first-order valence-corrected chi connectivity index (χ1v) is 12.7. The van der Waals surface area contributed by atoms with Gasteiger partial charge in [-0.2, -0.15) is 0 Å². The van der Waals surface area contributed by atoms with E-state index < -0.39 is 0 Å². The largest absolute Gasteiger partial charge is 0.473 e. The minimum Gasteiger partial charge on any atom is -0.473 e. The summed E-state index contributed by atoms with van der Waals surface area (Å²) >= 11 is 10.6. The van der Waals surface area contributed by atoms with Crippen molar-refractivity contribution in [1.29, 1.82) is 0 Å². The third-order valence-corrected chi connectivity index (χ3v) is 7.19. The lowest BCUT2D eigenvalue weighted by Crippen LogP contribution is -2.21. The first kappa shape index (κ1) is 24.1. The van der Waals surface area contributed by atoms with Crippen LogP contribution in [-0.2, 0) is 0 Å². The maximum absolute atomic E-state index is 6.02. The van der Waals surface area contributed by atoms with Crippen LogP contribution in [0.25, 0.3) is 5.69 Å². The molecule has 36 heavy (non-hydrogen) atoms. The van der Waals surface area contributed by atoms with Crippen LogP contribution in [0.2, 0.25) is 0 Å². The fourth-order valence-corrected chi connectivity index (χ4v) is 5.03. The molecule has 0 radical (unpaired) electrons. The van der Waals surface area contributed by atoms with E-state index in [1.54, 1.807) is 4.57 Å². The lowest BCUT2D eigenvalue weighted by atomic mass is 10.1. The maximum Gasteiger partial charge on any atom is 0.198 e. The Kier molecular flexibility index (Phi) is 6.84. The van der Waals surface area contributed by atoms with E-state index in [0.29, 0.717) is 28.2 Å². The smallest absolute Gasteiger partial charge is 0.198 e. The van der Waals surface area contributed by atoms with E-state index in [1.165, 1.54) is 11.3 Å². The number of nitrogens with zero attached hydrogens (tertiary/aromatic N) is 3. The van der Waals surface area contributed by atoms with Crippen LogP contribution in [0, 0.1) is 9.54 Å². The van der Waals surface area contributed by atoms with Crippen LogP contribution in [-0.4, -0.2) is 48.7 Å². The predicted molar refractivity (Wildman–Crippen MR) is 152 cm³/mol. The van der Waals surface area contributed by atoms with Gasteiger partial charge in [0.05, 0.1) is 5.69 Å². The van der Waals surface area contributed by atoms with Crippen LogP contribution in [0.1, 0.15) is 17.9 Å². The van der Waals surface area contributed by atoms with Gasteiger partial charge >= 0.3 is 0 Å². The van der Waals surface area contributed by atoms with Gasteiger partial charge in [0.25, 0.3) is 0 Å². The Morgan fingerprint density at radius 2 is 1.64 bits per heavy atom. The Morgan fingerprint density at radius 3 is 2.36 bits per heavy atom. The average molecular weight is 519 g/mol. The van der Waals surface area contributed by atoms with Crippen molar-refractivity contribution >= 4 is 41.5 Å². The van der Waals surface area contributed by atoms with Crippen LogP contribution < -0.4 is 19.9 Å². The summed E-state index contributed by atoms with van der Waals surface area (Å²) in [6.07, 6.45) is 1.16. The Labute approximate surface area is 221 Å². The van der Waals surface area contributed by atoms with Crippen LogP contribution in [0.4, 0.5) is 17.1 Å². The molecule has 0 amide bonds. The van der Waals surface area contributed by atoms with Crippen molar-refractivity contribution in [3.63, 3.8) is 0 Å². The Bertz CT molecular complexity index is 1430. The first-order valence-electron chi connectivity index (χ1n) is 11.9. The van der Waals surface area contributed by atoms with Gasteiger partial charge in [-0.1, -0.05) is 24.3 Å². The van der Waals surface area contributed by atoms with E-state index in [2.05, 4.69) is 82.9 Å². The third-order valence-electron chi connectivity index (χ3n) is 6.62. The van der Waals surface area contributed by atoms with Crippen molar-refractivity contribution in [1.82, 2.24) is 14.8 Å². The van der Waals surface area contributed by atoms with E-state index in [1.807, 2.05) is 36.4 Å². The van der Waals surface area contributed by atoms with Gasteiger partial charge in [-0.15, -0.1) is 0 Å². The number of H-pyrrole nitrogens is 2. The fourth-order valence-electron chi connectivity index (χ4n) is 4.47. The van der Waals surface area contributed by atoms with Crippen LogP contribution in [0.5, 0.6) is 5.75 Å². The van der Waals surface area contributed by atoms with Crippen molar-refractivity contribution in [2.45, 2.75) is 18.4 Å². The molecule has 0 spiro atoms. The molecular formula is C27H30N6OS2. The van der Waals surface area contributed by atoms with E-state index in [0.717, 1.165) is 29.2 Å². The Morgan fingerprint density at radius 1 is 0.917 bits per heavy atom. The molecule has 7 nitrogen and oxygen atoms in total. The zero-order valence-corrected chi connectivity index (χ0v) is 22.2. The van der Waals surface area contributed by atoms with Gasteiger partial charge in [-0.25, -0.2) is 0 Å². The molecule has 2 atom stereocenters. The molecule has 1 heterocycles. The first-order chi connectivity index (χ1) is 17.4. The third kappa shape index (κ3) is 5.17. The highest BCUT2D eigenvalue weighted by molar-refractivity contribution is 7.72. The molecule has 1 saturated carbocycles. The number of benzene rings is 3. The molecule has 1 aliphatic rings. The number of rotatable bonds is 9. The normalized spacial score (nSPS) is 16.4. The number of hydrogen-bond donors (Lipinski definition) is 3. The zero-order chi connectivity index (χ0) is 25.2. The molecule has 1 aromatic heterocycles. The second kappa shape index (κ2) is 10.2. The average Bonchev–Trinajstić information content (AvgIpc) is 3.61. The van der Waals surface area contributed by atoms with Gasteiger partial charge in [0, 0.05) is 56.2 Å². The molecule has 3 aromatic carbocycles. The van der Waals surface area contributed by atoms with Crippen molar-refractivity contribution in [2.24, 2.45) is 0 Å². The fraction of sp³-hybridized carbons (Fsp3) is 0.259. The molecule has 2 unspecified atom stereocenters. The van der Waals surface area contributed by atoms with Crippen LogP contribution in [0.3, 0.4) is 0 Å². The zero-order valence-electron chi connectivity index (χ0n) is 20.6. The lowest BCUT2D eigenvalue weighted by molar-refractivity contribution is 0.347. The number of hydrogen-bond acceptors (Lipinski definition) is 6. The van der Waals surface area contributed by atoms with Gasteiger partial charge < -0.3 is 19.9 Å². The second-order valence-corrected chi connectivity index (χ2v) is 9.99. The van der Waals surface area contributed by atoms with E-state index in [4.69, 9.17) is 29.2 Å². The number of ether oxygens (including phenoxy) is 1. The number of anilines is 3. The summed E-state index contributed by atoms with van der Waals surface area (Å²) in [6, 6.07) is 25.6. The van der Waals surface area contributed by atoms with Crippen molar-refractivity contribution in [2.75, 3.05) is 43.0 Å². The number of aromatic nitrogens is 3. The van der Waals surface area contributed by atoms with Crippen molar-refractivity contribution in [3.05, 3.63) is 87.9 Å². The van der Waals surface area contributed by atoms with Crippen molar-refractivity contribution in [3.8, 4) is 11.4 Å². The van der Waals surface area contributed by atoms with E-state index >= 15 is 0 Å². The molecular weight excluding hydrogens is 488 g/mol. The molecule has 4 aromatic rings. The maximum atomic E-state index is 6.02. The van der Waals surface area contributed by atoms with Gasteiger partial charge in [-0.05, 0) is 78.9 Å². The molecule has 9 heteroatoms. The standard InChI is InChI=1S/C27H30N6OS2/c1-31(2)20-12-10-18(11-13-20)24-16-25(24)32(3)21-7-5-9-23(15-21)34-17-28-19-6-4-8-22(14-19)33-26(35)29-30-27(33)36/h4-15,24-25,28H,16-17H2,1-3H3,(H,29,35)(H,30,36). The van der Waals surface area contributed by atoms with Gasteiger partial charge in [0.15, 0.2) is 16.3 Å². The SMILES string of the molecule is CN(C)c1ccc(C2CC2N(C)c2cccc(OCNc3cccc(-n4c(=S)[nH][nH]c4=S)c3)c2)cc1. The Balaban J connectivity index is 1.19. The molecule has 1 fully saturated rings. The quantitative estimate of drug-likeness (QED) is 0.184. The van der Waals surface area contributed by atoms with Crippen LogP contribution >= 0.6 is 24.4 Å². The molecule has 5 rings (SSSR count). The number of nitrogens with one attached hydrogen (secondary N) is 3. The highest BCUT2D eigenvalue weighted by Gasteiger charge is 2.41. The summed E-state index contributed by atoms with van der Waals surface area (Å²) in [5.74, 6) is 1.39. The lowest BCUT2D eigenvalue weighted by Gasteiger charge is -2.21. The summed E-state index contributed by atoms with van der Waals surface area (Å²) in [4.78, 5) is 4.49. The van der Waals surface area contributed by atoms with Crippen LogP contribution in [0.15, 0.2) is 72.8 Å². The summed E-state index contributed by atoms with van der Waals surface area (Å²) in [5.41, 5.74) is 5.58. The summed E-state index contributed by atoms with van der Waals surface area (Å²) in [6.45, 7) is 0.340. The summed E-state index contributed by atoms with van der Waals surface area (Å²) in [5, 5.41) is 9.04. The predicted octanol–water partition coefficient (Wildman–Crippen LogP) is 6.10. The molecule has 0 aliphatic heterocycles. The minimum atomic E-state index is 0.340. The van der Waals surface area contributed by atoms with Gasteiger partial charge in [-0.3, -0.25) is 14.8 Å². The molecule has 1 aliphatic carbocycles.